The lowest BCUT2D eigenvalue weighted by Crippen LogP contribution is -2.48. The van der Waals surface area contributed by atoms with Gasteiger partial charge in [-0.15, -0.1) is 0 Å². The number of hydrogen-bond acceptors (Lipinski definition) is 4. The van der Waals surface area contributed by atoms with Crippen molar-refractivity contribution >= 4 is 12.2 Å². The molecule has 0 bridgehead atoms. The van der Waals surface area contributed by atoms with Crippen LogP contribution in [0, 0.1) is 0 Å². The lowest BCUT2D eigenvalue weighted by Gasteiger charge is -2.32. The normalized spacial score (nSPS) is 17.1. The van der Waals surface area contributed by atoms with Crippen molar-refractivity contribution in [2.24, 2.45) is 0 Å². The van der Waals surface area contributed by atoms with E-state index in [1.54, 1.807) is 10.8 Å². The maximum atomic E-state index is 11.9. The second-order valence-corrected chi connectivity index (χ2v) is 4.27. The summed E-state index contributed by atoms with van der Waals surface area (Å²) in [4.78, 5) is 30.3. The first kappa shape index (κ1) is 11.8. The van der Waals surface area contributed by atoms with Crippen molar-refractivity contribution in [2.75, 3.05) is 33.2 Å². The predicted octanol–water partition coefficient (Wildman–Crippen LogP) is -0.530. The van der Waals surface area contributed by atoms with Crippen LogP contribution in [0.3, 0.4) is 0 Å². The molecule has 1 aromatic rings. The van der Waals surface area contributed by atoms with Gasteiger partial charge in [-0.25, -0.2) is 4.98 Å². The van der Waals surface area contributed by atoms with E-state index in [2.05, 4.69) is 9.88 Å². The zero-order valence-corrected chi connectivity index (χ0v) is 9.87. The Morgan fingerprint density at radius 1 is 1.41 bits per heavy atom. The standard InChI is InChI=1S/C11H16N4O2/c1-13-2-4-15(5-3-13)11(17)7-14-6-10(8-16)12-9-14/h6,8-9H,2-5,7H2,1H3. The van der Waals surface area contributed by atoms with Gasteiger partial charge in [0.25, 0.3) is 0 Å². The number of hydrogen-bond donors (Lipinski definition) is 0. The van der Waals surface area contributed by atoms with Crippen LogP contribution in [0.1, 0.15) is 10.5 Å². The molecule has 6 nitrogen and oxygen atoms in total. The molecule has 6 heteroatoms. The van der Waals surface area contributed by atoms with Crippen molar-refractivity contribution in [1.29, 1.82) is 0 Å². The van der Waals surface area contributed by atoms with Crippen LogP contribution in [0.15, 0.2) is 12.5 Å². The minimum absolute atomic E-state index is 0.0768. The van der Waals surface area contributed by atoms with E-state index in [0.29, 0.717) is 12.0 Å². The molecule has 1 amide bonds. The van der Waals surface area contributed by atoms with Crippen molar-refractivity contribution in [2.45, 2.75) is 6.54 Å². The van der Waals surface area contributed by atoms with Crippen molar-refractivity contribution in [3.8, 4) is 0 Å². The maximum Gasteiger partial charge on any atom is 0.242 e. The van der Waals surface area contributed by atoms with E-state index < -0.39 is 0 Å². The number of carbonyl (C=O) groups is 2. The molecule has 92 valence electrons. The second-order valence-electron chi connectivity index (χ2n) is 4.27. The fourth-order valence-corrected chi connectivity index (χ4v) is 1.84. The quantitative estimate of drug-likeness (QED) is 0.662. The summed E-state index contributed by atoms with van der Waals surface area (Å²) in [6.07, 6.45) is 3.77. The Kier molecular flexibility index (Phi) is 3.53. The third kappa shape index (κ3) is 2.91. The highest BCUT2D eigenvalue weighted by Crippen LogP contribution is 2.02. The van der Waals surface area contributed by atoms with Crippen LogP contribution in [-0.2, 0) is 11.3 Å². The Bertz CT molecular complexity index is 407. The minimum Gasteiger partial charge on any atom is -0.339 e. The molecule has 17 heavy (non-hydrogen) atoms. The zero-order valence-electron chi connectivity index (χ0n) is 9.87. The molecule has 1 aromatic heterocycles. The van der Waals surface area contributed by atoms with Crippen LogP contribution in [0.4, 0.5) is 0 Å². The van der Waals surface area contributed by atoms with Crippen molar-refractivity contribution in [3.05, 3.63) is 18.2 Å². The number of likely N-dealkylation sites (N-methyl/N-ethyl adjacent to an activating group) is 1. The van der Waals surface area contributed by atoms with Crippen molar-refractivity contribution < 1.29 is 9.59 Å². The number of imidazole rings is 1. The highest BCUT2D eigenvalue weighted by atomic mass is 16.2. The molecular weight excluding hydrogens is 220 g/mol. The Hall–Kier alpha value is -1.69. The maximum absolute atomic E-state index is 11.9. The van der Waals surface area contributed by atoms with Crippen molar-refractivity contribution in [3.63, 3.8) is 0 Å². The molecule has 2 heterocycles. The molecule has 1 aliphatic heterocycles. The zero-order chi connectivity index (χ0) is 12.3. The topological polar surface area (TPSA) is 58.4 Å². The van der Waals surface area contributed by atoms with Gasteiger partial charge < -0.3 is 14.4 Å². The van der Waals surface area contributed by atoms with Crippen molar-refractivity contribution in [1.82, 2.24) is 19.4 Å². The molecule has 2 rings (SSSR count). The molecule has 0 radical (unpaired) electrons. The van der Waals surface area contributed by atoms with Crippen LogP contribution in [-0.4, -0.2) is 64.8 Å². The third-order valence-corrected chi connectivity index (χ3v) is 2.95. The first-order valence-corrected chi connectivity index (χ1v) is 5.62. The Morgan fingerprint density at radius 2 is 2.12 bits per heavy atom. The molecule has 0 aliphatic carbocycles. The SMILES string of the molecule is CN1CCN(C(=O)Cn2cnc(C=O)c2)CC1. The molecule has 0 N–H and O–H groups in total. The average Bonchev–Trinajstić information content (AvgIpc) is 2.77. The molecule has 0 saturated carbocycles. The number of amides is 1. The van der Waals surface area contributed by atoms with E-state index in [1.807, 2.05) is 11.9 Å². The molecule has 0 aromatic carbocycles. The highest BCUT2D eigenvalue weighted by Gasteiger charge is 2.18. The van der Waals surface area contributed by atoms with Crippen LogP contribution < -0.4 is 0 Å². The molecule has 1 fully saturated rings. The van der Waals surface area contributed by atoms with Crippen LogP contribution in [0.2, 0.25) is 0 Å². The van der Waals surface area contributed by atoms with E-state index in [9.17, 15) is 9.59 Å². The summed E-state index contributed by atoms with van der Waals surface area (Å²) in [5.74, 6) is 0.0768. The fraction of sp³-hybridized carbons (Fsp3) is 0.545. The minimum atomic E-state index is 0.0768. The fourth-order valence-electron chi connectivity index (χ4n) is 1.84. The van der Waals surface area contributed by atoms with Gasteiger partial charge in [0.1, 0.15) is 12.2 Å². The van der Waals surface area contributed by atoms with Crippen LogP contribution in [0.25, 0.3) is 0 Å². The van der Waals surface area contributed by atoms with Gasteiger partial charge in [-0.05, 0) is 7.05 Å². The van der Waals surface area contributed by atoms with E-state index in [4.69, 9.17) is 0 Å². The highest BCUT2D eigenvalue weighted by molar-refractivity contribution is 5.76. The molecule has 0 unspecified atom stereocenters. The first-order valence-electron chi connectivity index (χ1n) is 5.62. The summed E-state index contributed by atoms with van der Waals surface area (Å²) in [7, 11) is 2.05. The monoisotopic (exact) mass is 236 g/mol. The molecule has 0 atom stereocenters. The van der Waals surface area contributed by atoms with E-state index in [0.717, 1.165) is 26.2 Å². The van der Waals surface area contributed by atoms with Gasteiger partial charge in [0.2, 0.25) is 5.91 Å². The van der Waals surface area contributed by atoms with Crippen LogP contribution in [0.5, 0.6) is 0 Å². The summed E-state index contributed by atoms with van der Waals surface area (Å²) in [6.45, 7) is 3.62. The summed E-state index contributed by atoms with van der Waals surface area (Å²) in [5.41, 5.74) is 0.358. The van der Waals surface area contributed by atoms with Gasteiger partial charge in [-0.3, -0.25) is 9.59 Å². The number of piperazine rings is 1. The Balaban J connectivity index is 1.90. The van der Waals surface area contributed by atoms with Gasteiger partial charge in [0.05, 0.1) is 6.33 Å². The largest absolute Gasteiger partial charge is 0.339 e. The van der Waals surface area contributed by atoms with Crippen LogP contribution >= 0.6 is 0 Å². The Morgan fingerprint density at radius 3 is 2.71 bits per heavy atom. The number of aromatic nitrogens is 2. The molecule has 1 saturated heterocycles. The van der Waals surface area contributed by atoms with E-state index in [1.165, 1.54) is 6.33 Å². The van der Waals surface area contributed by atoms with Gasteiger partial charge in [-0.2, -0.15) is 0 Å². The van der Waals surface area contributed by atoms with Gasteiger partial charge in [-0.1, -0.05) is 0 Å². The third-order valence-electron chi connectivity index (χ3n) is 2.95. The lowest BCUT2D eigenvalue weighted by atomic mass is 10.3. The number of carbonyl (C=O) groups excluding carboxylic acids is 2. The number of aldehydes is 1. The molecule has 0 spiro atoms. The summed E-state index contributed by atoms with van der Waals surface area (Å²) >= 11 is 0. The second kappa shape index (κ2) is 5.09. The molecule has 1 aliphatic rings. The molecular formula is C11H16N4O2. The average molecular weight is 236 g/mol. The Labute approximate surface area is 99.8 Å². The summed E-state index contributed by atoms with van der Waals surface area (Å²) < 4.78 is 1.64. The lowest BCUT2D eigenvalue weighted by molar-refractivity contribution is -0.133. The number of nitrogens with zero attached hydrogens (tertiary/aromatic N) is 4. The van der Waals surface area contributed by atoms with Gasteiger partial charge in [0.15, 0.2) is 6.29 Å². The van der Waals surface area contributed by atoms with E-state index in [-0.39, 0.29) is 12.5 Å². The van der Waals surface area contributed by atoms with E-state index >= 15 is 0 Å². The van der Waals surface area contributed by atoms with Gasteiger partial charge >= 0.3 is 0 Å². The predicted molar refractivity (Wildman–Crippen MR) is 61.7 cm³/mol. The summed E-state index contributed by atoms with van der Waals surface area (Å²) in [5, 5.41) is 0. The summed E-state index contributed by atoms with van der Waals surface area (Å²) in [6, 6.07) is 0. The smallest absolute Gasteiger partial charge is 0.242 e. The first-order chi connectivity index (χ1) is 8.19. The van der Waals surface area contributed by atoms with Gasteiger partial charge in [0, 0.05) is 32.4 Å². The number of rotatable bonds is 3.